The molecule has 0 aliphatic rings. The minimum Gasteiger partial charge on any atom is -0.466 e. The first kappa shape index (κ1) is 79.6. The Kier molecular flexibility index (Phi) is 68.9. The molecule has 0 aromatic heterocycles. The summed E-state index contributed by atoms with van der Waals surface area (Å²) in [6.45, 7) is 4.90. The number of hydrogen-bond donors (Lipinski definition) is 3. The molecular formula is C76H141NO5. The number of esters is 1. The van der Waals surface area contributed by atoms with Crippen molar-refractivity contribution in [3.63, 3.8) is 0 Å². The summed E-state index contributed by atoms with van der Waals surface area (Å²) in [4.78, 5) is 24.6. The summed E-state index contributed by atoms with van der Waals surface area (Å²) in [5, 5.41) is 23.1. The highest BCUT2D eigenvalue weighted by molar-refractivity contribution is 5.76. The molecule has 0 aromatic carbocycles. The number of carbonyl (C=O) groups is 2. The van der Waals surface area contributed by atoms with Crippen molar-refractivity contribution in [1.82, 2.24) is 5.32 Å². The Labute approximate surface area is 511 Å². The quantitative estimate of drug-likeness (QED) is 0.0320. The molecule has 2 unspecified atom stereocenters. The van der Waals surface area contributed by atoms with Gasteiger partial charge < -0.3 is 20.3 Å². The Morgan fingerprint density at radius 3 is 0.939 bits per heavy atom. The SMILES string of the molecule is CCCCCC/C=C\C/C=C\CCCCCCCCCC(=O)OCCCCCCCCCCC/C=C\C/C=C\CCCCCCCCCCCCCCCCCCCC(=O)NC(CO)C(O)/C=C/CCCCCCCCCCCCCC. The molecule has 6 heteroatoms. The van der Waals surface area contributed by atoms with Gasteiger partial charge in [0.25, 0.3) is 0 Å². The number of unbranched alkanes of at least 4 members (excludes halogenated alkanes) is 49. The molecule has 0 saturated heterocycles. The van der Waals surface area contributed by atoms with Crippen molar-refractivity contribution in [2.24, 2.45) is 0 Å². The first-order valence-corrected chi connectivity index (χ1v) is 36.6. The maximum atomic E-state index is 12.5. The van der Waals surface area contributed by atoms with Gasteiger partial charge in [-0.25, -0.2) is 0 Å². The van der Waals surface area contributed by atoms with E-state index in [-0.39, 0.29) is 18.5 Å². The number of ether oxygens (including phenoxy) is 1. The van der Waals surface area contributed by atoms with Gasteiger partial charge in [0.1, 0.15) is 0 Å². The molecule has 3 N–H and O–H groups in total. The fourth-order valence-corrected chi connectivity index (χ4v) is 11.2. The van der Waals surface area contributed by atoms with E-state index in [0.717, 1.165) is 57.8 Å². The van der Waals surface area contributed by atoms with E-state index in [4.69, 9.17) is 4.74 Å². The van der Waals surface area contributed by atoms with E-state index in [1.165, 1.54) is 302 Å². The lowest BCUT2D eigenvalue weighted by Gasteiger charge is -2.20. The van der Waals surface area contributed by atoms with Crippen molar-refractivity contribution in [2.75, 3.05) is 13.2 Å². The summed E-state index contributed by atoms with van der Waals surface area (Å²) in [6.07, 6.45) is 94.6. The third kappa shape index (κ3) is 66.7. The van der Waals surface area contributed by atoms with Gasteiger partial charge in [0, 0.05) is 12.8 Å². The average Bonchev–Trinajstić information content (AvgIpc) is 3.48. The van der Waals surface area contributed by atoms with Gasteiger partial charge >= 0.3 is 5.97 Å². The fourth-order valence-electron chi connectivity index (χ4n) is 11.2. The van der Waals surface area contributed by atoms with Crippen LogP contribution in [0.2, 0.25) is 0 Å². The molecule has 2 atom stereocenters. The van der Waals surface area contributed by atoms with E-state index in [0.29, 0.717) is 19.4 Å². The minimum absolute atomic E-state index is 0.00651. The topological polar surface area (TPSA) is 95.9 Å². The summed E-state index contributed by atoms with van der Waals surface area (Å²) >= 11 is 0. The van der Waals surface area contributed by atoms with E-state index in [1.807, 2.05) is 6.08 Å². The van der Waals surface area contributed by atoms with Gasteiger partial charge in [-0.3, -0.25) is 9.59 Å². The van der Waals surface area contributed by atoms with E-state index >= 15 is 0 Å². The second-order valence-electron chi connectivity index (χ2n) is 24.9. The van der Waals surface area contributed by atoms with Gasteiger partial charge in [0.05, 0.1) is 25.4 Å². The number of carbonyl (C=O) groups excluding carboxylic acids is 2. The number of hydrogen-bond acceptors (Lipinski definition) is 5. The predicted octanol–water partition coefficient (Wildman–Crippen LogP) is 23.8. The minimum atomic E-state index is -0.843. The van der Waals surface area contributed by atoms with Gasteiger partial charge in [0.15, 0.2) is 0 Å². The molecule has 0 aliphatic carbocycles. The van der Waals surface area contributed by atoms with Gasteiger partial charge in [-0.2, -0.15) is 0 Å². The lowest BCUT2D eigenvalue weighted by molar-refractivity contribution is -0.143. The van der Waals surface area contributed by atoms with Crippen molar-refractivity contribution >= 4 is 11.9 Å². The van der Waals surface area contributed by atoms with Crippen molar-refractivity contribution < 1.29 is 24.5 Å². The molecule has 0 bridgehead atoms. The van der Waals surface area contributed by atoms with E-state index in [1.54, 1.807) is 6.08 Å². The second-order valence-corrected chi connectivity index (χ2v) is 24.9. The third-order valence-corrected chi connectivity index (χ3v) is 16.8. The van der Waals surface area contributed by atoms with Gasteiger partial charge in [-0.05, 0) is 96.3 Å². The zero-order valence-electron chi connectivity index (χ0n) is 55.0. The van der Waals surface area contributed by atoms with E-state index in [2.05, 4.69) is 67.8 Å². The molecule has 0 fully saturated rings. The van der Waals surface area contributed by atoms with Crippen LogP contribution in [0.25, 0.3) is 0 Å². The highest BCUT2D eigenvalue weighted by Crippen LogP contribution is 2.18. The zero-order chi connectivity index (χ0) is 59.2. The Balaban J connectivity index is 3.39. The molecule has 82 heavy (non-hydrogen) atoms. The molecule has 0 heterocycles. The number of rotatable bonds is 68. The summed E-state index contributed by atoms with van der Waals surface area (Å²) in [6, 6.07) is -0.627. The van der Waals surface area contributed by atoms with Crippen molar-refractivity contribution in [3.8, 4) is 0 Å². The summed E-state index contributed by atoms with van der Waals surface area (Å²) in [5.74, 6) is -0.0585. The molecule has 0 radical (unpaired) electrons. The highest BCUT2D eigenvalue weighted by atomic mass is 16.5. The molecule has 0 spiro atoms. The maximum Gasteiger partial charge on any atom is 0.305 e. The first-order chi connectivity index (χ1) is 40.5. The predicted molar refractivity (Wildman–Crippen MR) is 361 cm³/mol. The van der Waals surface area contributed by atoms with Crippen molar-refractivity contribution in [3.05, 3.63) is 60.8 Å². The smallest absolute Gasteiger partial charge is 0.305 e. The molecule has 0 saturated carbocycles. The van der Waals surface area contributed by atoms with Crippen molar-refractivity contribution in [2.45, 2.75) is 398 Å². The molecule has 480 valence electrons. The maximum absolute atomic E-state index is 12.5. The lowest BCUT2D eigenvalue weighted by atomic mass is 10.0. The van der Waals surface area contributed by atoms with Crippen LogP contribution in [-0.2, 0) is 14.3 Å². The largest absolute Gasteiger partial charge is 0.466 e. The van der Waals surface area contributed by atoms with Crippen LogP contribution in [0.15, 0.2) is 60.8 Å². The van der Waals surface area contributed by atoms with Crippen LogP contribution in [0.3, 0.4) is 0 Å². The Morgan fingerprint density at radius 1 is 0.341 bits per heavy atom. The Hall–Kier alpha value is -2.44. The Morgan fingerprint density at radius 2 is 0.610 bits per heavy atom. The first-order valence-electron chi connectivity index (χ1n) is 36.6. The number of amides is 1. The lowest BCUT2D eigenvalue weighted by Crippen LogP contribution is -2.45. The summed E-state index contributed by atoms with van der Waals surface area (Å²) in [5.41, 5.74) is 0. The number of aliphatic hydroxyl groups is 2. The molecule has 0 aromatic rings. The average molecular weight is 1150 g/mol. The van der Waals surface area contributed by atoms with Gasteiger partial charge in [-0.15, -0.1) is 0 Å². The molecule has 0 rings (SSSR count). The third-order valence-electron chi connectivity index (χ3n) is 16.8. The van der Waals surface area contributed by atoms with Crippen LogP contribution in [0.1, 0.15) is 386 Å². The molecule has 6 nitrogen and oxygen atoms in total. The monoisotopic (exact) mass is 1150 g/mol. The van der Waals surface area contributed by atoms with Crippen LogP contribution in [0, 0.1) is 0 Å². The number of aliphatic hydroxyl groups excluding tert-OH is 2. The van der Waals surface area contributed by atoms with Gasteiger partial charge in [0.2, 0.25) is 5.91 Å². The Bertz CT molecular complexity index is 1420. The van der Waals surface area contributed by atoms with Crippen LogP contribution in [0.5, 0.6) is 0 Å². The van der Waals surface area contributed by atoms with Crippen molar-refractivity contribution in [1.29, 1.82) is 0 Å². The van der Waals surface area contributed by atoms with Gasteiger partial charge in [-0.1, -0.05) is 338 Å². The zero-order valence-corrected chi connectivity index (χ0v) is 55.0. The standard InChI is InChI=1S/C76H141NO5/c1-3-5-7-9-11-13-15-17-19-20-39-42-46-50-54-58-62-66-70-76(81)82-71-67-63-59-55-51-47-43-40-37-35-33-31-29-27-25-23-21-22-24-26-28-30-32-34-36-38-41-45-49-53-57-61-65-69-75(80)77-73(72-78)74(79)68-64-60-56-52-48-44-18-16-14-12-10-8-6-4-2/h13,15,19-20,25,27,31,33,64,68,73-74,78-79H,3-12,14,16-18,21-24,26,28-30,32,34-63,65-67,69-72H2,1-2H3,(H,77,80)/b15-13-,20-19-,27-25-,33-31-,68-64+. The number of nitrogens with one attached hydrogen (secondary N) is 1. The molecular weight excluding hydrogens is 1010 g/mol. The molecule has 0 aliphatic heterocycles. The van der Waals surface area contributed by atoms with Crippen LogP contribution in [0.4, 0.5) is 0 Å². The van der Waals surface area contributed by atoms with Crippen LogP contribution < -0.4 is 5.32 Å². The highest BCUT2D eigenvalue weighted by Gasteiger charge is 2.18. The fraction of sp³-hybridized carbons (Fsp3) is 0.842. The molecule has 1 amide bonds. The van der Waals surface area contributed by atoms with Crippen LogP contribution >= 0.6 is 0 Å². The summed E-state index contributed by atoms with van der Waals surface area (Å²) < 4.78 is 5.50. The van der Waals surface area contributed by atoms with E-state index in [9.17, 15) is 19.8 Å². The number of allylic oxidation sites excluding steroid dienone is 9. The van der Waals surface area contributed by atoms with E-state index < -0.39 is 12.1 Å². The second kappa shape index (κ2) is 71.0. The summed E-state index contributed by atoms with van der Waals surface area (Å²) in [7, 11) is 0. The normalized spacial score (nSPS) is 12.9. The van der Waals surface area contributed by atoms with Crippen LogP contribution in [-0.4, -0.2) is 47.4 Å².